The lowest BCUT2D eigenvalue weighted by Crippen LogP contribution is -2.16. The van der Waals surface area contributed by atoms with E-state index in [1.54, 1.807) is 42.5 Å². The lowest BCUT2D eigenvalue weighted by atomic mass is 10.0. The minimum Gasteiger partial charge on any atom is -0.302 e. The molecule has 1 fully saturated rings. The van der Waals surface area contributed by atoms with E-state index in [4.69, 9.17) is 11.6 Å². The van der Waals surface area contributed by atoms with E-state index in [1.165, 1.54) is 12.1 Å². The molecule has 1 aliphatic rings. The third kappa shape index (κ3) is 2.35. The third-order valence-electron chi connectivity index (χ3n) is 4.20. The summed E-state index contributed by atoms with van der Waals surface area (Å²) in [5.41, 5.74) is -0.935. The molecule has 23 heavy (non-hydrogen) atoms. The number of benzene rings is 2. The Morgan fingerprint density at radius 1 is 1.09 bits per heavy atom. The van der Waals surface area contributed by atoms with Gasteiger partial charge < -0.3 is 4.79 Å². The molecular formula is C17H12ClNO3S. The summed E-state index contributed by atoms with van der Waals surface area (Å²) in [7, 11) is -3.79. The molecule has 2 aromatic carbocycles. The fraction of sp³-hybridized carbons (Fsp3) is 0.176. The van der Waals surface area contributed by atoms with Crippen molar-refractivity contribution in [1.29, 1.82) is 5.26 Å². The zero-order valence-corrected chi connectivity index (χ0v) is 13.5. The molecule has 0 aromatic heterocycles. The van der Waals surface area contributed by atoms with Crippen LogP contribution < -0.4 is 0 Å². The second-order valence-corrected chi connectivity index (χ2v) is 7.98. The summed E-state index contributed by atoms with van der Waals surface area (Å²) in [6.07, 6.45) is 0.456. The van der Waals surface area contributed by atoms with Crippen LogP contribution in [0, 0.1) is 16.7 Å². The Balaban J connectivity index is 2.09. The van der Waals surface area contributed by atoms with Crippen LogP contribution in [0.4, 0.5) is 0 Å². The molecule has 0 spiro atoms. The summed E-state index contributed by atoms with van der Waals surface area (Å²) in [5, 5.41) is 8.87. The third-order valence-corrected chi connectivity index (χ3v) is 6.71. The number of sulfone groups is 1. The lowest BCUT2D eigenvalue weighted by Gasteiger charge is -2.04. The Hall–Kier alpha value is -2.16. The number of halogens is 1. The van der Waals surface area contributed by atoms with E-state index in [1.807, 2.05) is 6.07 Å². The molecule has 0 N–H and O–H groups in total. The Labute approximate surface area is 139 Å². The zero-order valence-electron chi connectivity index (χ0n) is 11.9. The minimum atomic E-state index is -3.79. The smallest absolute Gasteiger partial charge is 0.183 e. The largest absolute Gasteiger partial charge is 0.302 e. The Morgan fingerprint density at radius 2 is 1.70 bits per heavy atom. The van der Waals surface area contributed by atoms with Crippen LogP contribution in [0.2, 0.25) is 5.02 Å². The van der Waals surface area contributed by atoms with Crippen LogP contribution in [0.1, 0.15) is 11.5 Å². The standard InChI is InChI=1S/C17H12ClNO3S/c18-13-8-6-12(7-9-13)15-16(17(15,10-19)11-20)23(21,22)14-4-2-1-3-5-14/h1-9,11,15-16H/t15-,16+,17-/m1/s1. The highest BCUT2D eigenvalue weighted by Gasteiger charge is 2.72. The number of rotatable bonds is 4. The van der Waals surface area contributed by atoms with Crippen molar-refractivity contribution in [2.75, 3.05) is 0 Å². The second-order valence-electron chi connectivity index (χ2n) is 5.47. The summed E-state index contributed by atoms with van der Waals surface area (Å²) >= 11 is 5.84. The molecule has 0 amide bonds. The predicted molar refractivity (Wildman–Crippen MR) is 85.7 cm³/mol. The molecule has 1 saturated carbocycles. The molecule has 4 nitrogen and oxygen atoms in total. The number of nitriles is 1. The maximum atomic E-state index is 12.8. The summed E-state index contributed by atoms with van der Waals surface area (Å²) in [6, 6.07) is 16.3. The highest BCUT2D eigenvalue weighted by Crippen LogP contribution is 2.62. The van der Waals surface area contributed by atoms with Gasteiger partial charge in [0.2, 0.25) is 0 Å². The molecule has 2 aromatic rings. The average Bonchev–Trinajstić information content (AvgIpc) is 3.27. The SMILES string of the molecule is N#C[C@@]1(C=O)[C@H](c2ccc(Cl)cc2)[C@@H]1S(=O)(=O)c1ccccc1. The summed E-state index contributed by atoms with van der Waals surface area (Å²) in [4.78, 5) is 11.7. The molecule has 116 valence electrons. The van der Waals surface area contributed by atoms with Crippen molar-refractivity contribution in [1.82, 2.24) is 0 Å². The van der Waals surface area contributed by atoms with E-state index in [-0.39, 0.29) is 4.90 Å². The van der Waals surface area contributed by atoms with Crippen LogP contribution >= 0.6 is 11.6 Å². The van der Waals surface area contributed by atoms with E-state index < -0.39 is 26.4 Å². The van der Waals surface area contributed by atoms with Crippen LogP contribution in [0.15, 0.2) is 59.5 Å². The van der Waals surface area contributed by atoms with Gasteiger partial charge in [0.25, 0.3) is 0 Å². The molecular weight excluding hydrogens is 334 g/mol. The lowest BCUT2D eigenvalue weighted by molar-refractivity contribution is -0.110. The fourth-order valence-corrected chi connectivity index (χ4v) is 5.37. The molecule has 0 aliphatic heterocycles. The van der Waals surface area contributed by atoms with Gasteiger partial charge in [0.05, 0.1) is 11.0 Å². The first-order valence-electron chi connectivity index (χ1n) is 6.89. The number of carbonyl (C=O) groups is 1. The van der Waals surface area contributed by atoms with Crippen molar-refractivity contribution >= 4 is 27.7 Å². The summed E-state index contributed by atoms with van der Waals surface area (Å²) < 4.78 is 25.7. The molecule has 0 saturated heterocycles. The van der Waals surface area contributed by atoms with E-state index in [9.17, 15) is 18.5 Å². The van der Waals surface area contributed by atoms with Crippen LogP contribution in [0.25, 0.3) is 0 Å². The fourth-order valence-electron chi connectivity index (χ4n) is 2.99. The highest BCUT2D eigenvalue weighted by molar-refractivity contribution is 7.92. The summed E-state index contributed by atoms with van der Waals surface area (Å²) in [5.74, 6) is -0.688. The highest BCUT2D eigenvalue weighted by atomic mass is 35.5. The Bertz CT molecular complexity index is 888. The van der Waals surface area contributed by atoms with Crippen LogP contribution in [-0.2, 0) is 14.6 Å². The van der Waals surface area contributed by atoms with Gasteiger partial charge in [-0.05, 0) is 29.8 Å². The number of nitrogens with zero attached hydrogens (tertiary/aromatic N) is 1. The topological polar surface area (TPSA) is 75.0 Å². The first-order valence-corrected chi connectivity index (χ1v) is 8.82. The van der Waals surface area contributed by atoms with Gasteiger partial charge >= 0.3 is 0 Å². The quantitative estimate of drug-likeness (QED) is 0.798. The number of aldehydes is 1. The predicted octanol–water partition coefficient (Wildman–Crippen LogP) is 2.99. The summed E-state index contributed by atoms with van der Waals surface area (Å²) in [6.45, 7) is 0. The minimum absolute atomic E-state index is 0.114. The van der Waals surface area contributed by atoms with Gasteiger partial charge in [-0.3, -0.25) is 0 Å². The Kier molecular flexibility index (Phi) is 3.75. The number of hydrogen-bond acceptors (Lipinski definition) is 4. The molecule has 3 rings (SSSR count). The second kappa shape index (κ2) is 5.48. The van der Waals surface area contributed by atoms with Crippen molar-refractivity contribution in [2.24, 2.45) is 5.41 Å². The monoisotopic (exact) mass is 345 g/mol. The first-order chi connectivity index (χ1) is 11.0. The van der Waals surface area contributed by atoms with Crippen molar-refractivity contribution < 1.29 is 13.2 Å². The van der Waals surface area contributed by atoms with Crippen LogP contribution in [-0.4, -0.2) is 20.0 Å². The number of hydrogen-bond donors (Lipinski definition) is 0. The molecule has 3 atom stereocenters. The number of carbonyl (C=O) groups excluding carboxylic acids is 1. The molecule has 0 radical (unpaired) electrons. The normalized spacial score (nSPS) is 26.3. The molecule has 1 aliphatic carbocycles. The van der Waals surface area contributed by atoms with E-state index in [0.717, 1.165) is 0 Å². The van der Waals surface area contributed by atoms with E-state index >= 15 is 0 Å². The van der Waals surface area contributed by atoms with Crippen molar-refractivity contribution in [3.05, 3.63) is 65.2 Å². The maximum Gasteiger partial charge on any atom is 0.183 e. The first kappa shape index (κ1) is 15.7. The molecule has 6 heteroatoms. The van der Waals surface area contributed by atoms with Crippen molar-refractivity contribution in [3.63, 3.8) is 0 Å². The van der Waals surface area contributed by atoms with Crippen molar-refractivity contribution in [3.8, 4) is 6.07 Å². The molecule has 0 unspecified atom stereocenters. The molecule has 0 heterocycles. The maximum absolute atomic E-state index is 12.8. The Morgan fingerprint density at radius 3 is 2.22 bits per heavy atom. The zero-order chi connectivity index (χ0) is 16.7. The molecule has 0 bridgehead atoms. The van der Waals surface area contributed by atoms with Crippen molar-refractivity contribution in [2.45, 2.75) is 16.1 Å². The van der Waals surface area contributed by atoms with Gasteiger partial charge in [-0.25, -0.2) is 8.42 Å². The van der Waals surface area contributed by atoms with Gasteiger partial charge in [-0.2, -0.15) is 5.26 Å². The van der Waals surface area contributed by atoms with Crippen LogP contribution in [0.5, 0.6) is 0 Å². The van der Waals surface area contributed by atoms with Gasteiger partial charge in [-0.1, -0.05) is 41.9 Å². The van der Waals surface area contributed by atoms with Crippen LogP contribution in [0.3, 0.4) is 0 Å². The average molecular weight is 346 g/mol. The van der Waals surface area contributed by atoms with E-state index in [0.29, 0.717) is 16.9 Å². The van der Waals surface area contributed by atoms with Gasteiger partial charge in [0, 0.05) is 10.9 Å². The van der Waals surface area contributed by atoms with E-state index in [2.05, 4.69) is 0 Å². The van der Waals surface area contributed by atoms with Gasteiger partial charge in [-0.15, -0.1) is 0 Å². The van der Waals surface area contributed by atoms with Gasteiger partial charge in [0.15, 0.2) is 9.84 Å². The van der Waals surface area contributed by atoms with Gasteiger partial charge in [0.1, 0.15) is 17.0 Å².